The fourth-order valence-electron chi connectivity index (χ4n) is 2.23. The molecule has 1 N–H and O–H groups in total. The van der Waals surface area contributed by atoms with E-state index in [1.165, 1.54) is 37.8 Å². The first-order valence-corrected chi connectivity index (χ1v) is 7.60. The third kappa shape index (κ3) is 4.11. The molecule has 0 bridgehead atoms. The van der Waals surface area contributed by atoms with Crippen LogP contribution in [0.3, 0.4) is 0 Å². The summed E-state index contributed by atoms with van der Waals surface area (Å²) in [5.74, 6) is -0.379. The van der Waals surface area contributed by atoms with Crippen LogP contribution in [0.4, 0.5) is 30.4 Å². The lowest BCUT2D eigenvalue weighted by Gasteiger charge is -2.13. The largest absolute Gasteiger partial charge is 0.495 e. The molecule has 0 radical (unpaired) electrons. The van der Waals surface area contributed by atoms with E-state index < -0.39 is 16.8 Å². The summed E-state index contributed by atoms with van der Waals surface area (Å²) in [5.41, 5.74) is -1.39. The lowest BCUT2D eigenvalue weighted by Crippen LogP contribution is -2.11. The number of benzene rings is 1. The van der Waals surface area contributed by atoms with E-state index in [9.17, 15) is 23.3 Å². The second kappa shape index (κ2) is 7.42. The molecule has 1 aromatic carbocycles. The molecule has 0 atom stereocenters. The normalized spacial score (nSPS) is 11.1. The summed E-state index contributed by atoms with van der Waals surface area (Å²) in [6.45, 7) is 0. The Labute approximate surface area is 155 Å². The zero-order chi connectivity index (χ0) is 20.3. The number of hydrogen-bond acceptors (Lipinski definition) is 8. The van der Waals surface area contributed by atoms with Crippen LogP contribution in [0.25, 0.3) is 11.5 Å². The molecule has 2 heterocycles. The SMILES string of the molecule is COc1ccc([N+](=O)[O-])cc1Nc1cc(C(F)(F)F)nc(-c2cnccn2)n1. The number of nitro benzene ring substituents is 1. The van der Waals surface area contributed by atoms with Gasteiger partial charge in [-0.25, -0.2) is 15.0 Å². The standard InChI is InChI=1S/C16H11F3N6O3/c1-28-12-3-2-9(25(26)27)6-10(12)22-14-7-13(16(17,18)19)23-15(24-14)11-8-20-4-5-21-11/h2-8H,1H3,(H,22,23,24). The minimum Gasteiger partial charge on any atom is -0.495 e. The van der Waals surface area contributed by atoms with Crippen molar-refractivity contribution in [2.45, 2.75) is 6.18 Å². The summed E-state index contributed by atoms with van der Waals surface area (Å²) in [7, 11) is 1.32. The van der Waals surface area contributed by atoms with Gasteiger partial charge in [-0.2, -0.15) is 13.2 Å². The first kappa shape index (κ1) is 18.9. The van der Waals surface area contributed by atoms with Crippen LogP contribution in [0.1, 0.15) is 5.69 Å². The zero-order valence-electron chi connectivity index (χ0n) is 14.1. The number of alkyl halides is 3. The van der Waals surface area contributed by atoms with E-state index in [1.807, 2.05) is 0 Å². The third-order valence-electron chi connectivity index (χ3n) is 3.47. The molecule has 0 saturated heterocycles. The van der Waals surface area contributed by atoms with E-state index in [-0.39, 0.29) is 34.5 Å². The third-order valence-corrected chi connectivity index (χ3v) is 3.47. The highest BCUT2D eigenvalue weighted by molar-refractivity contribution is 5.68. The first-order chi connectivity index (χ1) is 13.3. The lowest BCUT2D eigenvalue weighted by atomic mass is 10.2. The van der Waals surface area contributed by atoms with Crippen molar-refractivity contribution in [1.29, 1.82) is 0 Å². The van der Waals surface area contributed by atoms with Crippen LogP contribution >= 0.6 is 0 Å². The molecule has 0 aliphatic carbocycles. The Hall–Kier alpha value is -3.83. The molecule has 144 valence electrons. The molecule has 12 heteroatoms. The van der Waals surface area contributed by atoms with Crippen LogP contribution < -0.4 is 10.1 Å². The predicted octanol–water partition coefficient (Wildman–Crippen LogP) is 3.61. The molecule has 0 fully saturated rings. The van der Waals surface area contributed by atoms with Crippen LogP contribution in [0, 0.1) is 10.1 Å². The van der Waals surface area contributed by atoms with Gasteiger partial charge in [-0.1, -0.05) is 0 Å². The number of nitrogens with one attached hydrogen (secondary N) is 1. The van der Waals surface area contributed by atoms with Crippen molar-refractivity contribution < 1.29 is 22.8 Å². The number of methoxy groups -OCH3 is 1. The smallest absolute Gasteiger partial charge is 0.433 e. The molecule has 0 aliphatic rings. The highest BCUT2D eigenvalue weighted by Crippen LogP contribution is 2.34. The van der Waals surface area contributed by atoms with Crippen molar-refractivity contribution in [3.63, 3.8) is 0 Å². The Balaban J connectivity index is 2.09. The molecule has 0 unspecified atom stereocenters. The number of non-ortho nitro benzene ring substituents is 1. The van der Waals surface area contributed by atoms with Gasteiger partial charge in [0.05, 0.1) is 23.9 Å². The number of hydrogen-bond donors (Lipinski definition) is 1. The van der Waals surface area contributed by atoms with Gasteiger partial charge in [-0.15, -0.1) is 0 Å². The zero-order valence-corrected chi connectivity index (χ0v) is 14.1. The van der Waals surface area contributed by atoms with Crippen LogP contribution in [0.5, 0.6) is 5.75 Å². The fourth-order valence-corrected chi connectivity index (χ4v) is 2.23. The maximum absolute atomic E-state index is 13.2. The highest BCUT2D eigenvalue weighted by atomic mass is 19.4. The Morgan fingerprint density at radius 2 is 1.96 bits per heavy atom. The number of halogens is 3. The summed E-state index contributed by atoms with van der Waals surface area (Å²) in [6, 6.07) is 4.32. The molecule has 3 aromatic rings. The van der Waals surface area contributed by atoms with E-state index in [2.05, 4.69) is 25.3 Å². The minimum atomic E-state index is -4.75. The number of ether oxygens (including phenoxy) is 1. The number of anilines is 2. The second-order valence-electron chi connectivity index (χ2n) is 5.32. The van der Waals surface area contributed by atoms with Crippen molar-refractivity contribution in [3.05, 3.63) is 58.7 Å². The van der Waals surface area contributed by atoms with Gasteiger partial charge in [0, 0.05) is 30.6 Å². The van der Waals surface area contributed by atoms with Crippen molar-refractivity contribution in [1.82, 2.24) is 19.9 Å². The van der Waals surface area contributed by atoms with E-state index in [1.54, 1.807) is 0 Å². The van der Waals surface area contributed by atoms with Gasteiger partial charge in [0.1, 0.15) is 17.3 Å². The Kier molecular flexibility index (Phi) is 5.02. The molecule has 0 saturated carbocycles. The first-order valence-electron chi connectivity index (χ1n) is 7.60. The maximum Gasteiger partial charge on any atom is 0.433 e. The minimum absolute atomic E-state index is 0.0302. The summed E-state index contributed by atoms with van der Waals surface area (Å²) < 4.78 is 44.8. The lowest BCUT2D eigenvalue weighted by molar-refractivity contribution is -0.384. The fraction of sp³-hybridized carbons (Fsp3) is 0.125. The van der Waals surface area contributed by atoms with E-state index in [0.29, 0.717) is 6.07 Å². The molecule has 0 spiro atoms. The average Bonchev–Trinajstić information content (AvgIpc) is 2.67. The summed E-state index contributed by atoms with van der Waals surface area (Å²) >= 11 is 0. The molecule has 28 heavy (non-hydrogen) atoms. The molecule has 0 amide bonds. The van der Waals surface area contributed by atoms with Crippen molar-refractivity contribution in [2.24, 2.45) is 0 Å². The molecule has 2 aromatic heterocycles. The number of rotatable bonds is 5. The van der Waals surface area contributed by atoms with Crippen LogP contribution in [0.2, 0.25) is 0 Å². The van der Waals surface area contributed by atoms with Gasteiger partial charge < -0.3 is 10.1 Å². The van der Waals surface area contributed by atoms with E-state index >= 15 is 0 Å². The van der Waals surface area contributed by atoms with Gasteiger partial charge in [0.15, 0.2) is 11.5 Å². The summed E-state index contributed by atoms with van der Waals surface area (Å²) in [6.07, 6.45) is -0.893. The molecule has 0 aliphatic heterocycles. The highest BCUT2D eigenvalue weighted by Gasteiger charge is 2.34. The number of nitro groups is 1. The van der Waals surface area contributed by atoms with Gasteiger partial charge in [0.25, 0.3) is 5.69 Å². The molecular formula is C16H11F3N6O3. The molecule has 9 nitrogen and oxygen atoms in total. The van der Waals surface area contributed by atoms with Gasteiger partial charge >= 0.3 is 6.18 Å². The average molecular weight is 392 g/mol. The van der Waals surface area contributed by atoms with Crippen LogP contribution in [-0.2, 0) is 6.18 Å². The maximum atomic E-state index is 13.2. The van der Waals surface area contributed by atoms with Gasteiger partial charge in [-0.05, 0) is 6.07 Å². The Morgan fingerprint density at radius 1 is 1.18 bits per heavy atom. The predicted molar refractivity (Wildman–Crippen MR) is 91.0 cm³/mol. The summed E-state index contributed by atoms with van der Waals surface area (Å²) in [4.78, 5) is 25.5. The van der Waals surface area contributed by atoms with Gasteiger partial charge in [0.2, 0.25) is 0 Å². The Bertz CT molecular complexity index is 1010. The van der Waals surface area contributed by atoms with Crippen molar-refractivity contribution >= 4 is 17.2 Å². The second-order valence-corrected chi connectivity index (χ2v) is 5.32. The van der Waals surface area contributed by atoms with E-state index in [0.717, 1.165) is 6.07 Å². The monoisotopic (exact) mass is 392 g/mol. The Morgan fingerprint density at radius 3 is 2.57 bits per heavy atom. The number of aromatic nitrogens is 4. The van der Waals surface area contributed by atoms with Crippen LogP contribution in [-0.4, -0.2) is 32.0 Å². The number of nitrogens with zero attached hydrogens (tertiary/aromatic N) is 5. The quantitative estimate of drug-likeness (QED) is 0.517. The summed E-state index contributed by atoms with van der Waals surface area (Å²) in [5, 5.41) is 13.6. The topological polar surface area (TPSA) is 116 Å². The van der Waals surface area contributed by atoms with Crippen molar-refractivity contribution in [2.75, 3.05) is 12.4 Å². The van der Waals surface area contributed by atoms with Crippen LogP contribution in [0.15, 0.2) is 42.9 Å². The van der Waals surface area contributed by atoms with E-state index in [4.69, 9.17) is 4.74 Å². The van der Waals surface area contributed by atoms with Gasteiger partial charge in [-0.3, -0.25) is 15.1 Å². The van der Waals surface area contributed by atoms with Crippen molar-refractivity contribution in [3.8, 4) is 17.3 Å². The molecular weight excluding hydrogens is 381 g/mol. The molecule has 3 rings (SSSR count).